The third kappa shape index (κ3) is 2.45. The maximum atomic E-state index is 11.0. The molecule has 0 aromatic carbocycles. The summed E-state index contributed by atoms with van der Waals surface area (Å²) in [6.45, 7) is 4.95. The highest BCUT2D eigenvalue weighted by Gasteiger charge is 2.40. The van der Waals surface area contributed by atoms with Gasteiger partial charge in [0.25, 0.3) is 0 Å². The molecule has 1 unspecified atom stereocenters. The third-order valence-electron chi connectivity index (χ3n) is 2.13. The zero-order valence-electron chi connectivity index (χ0n) is 8.98. The number of aliphatic carboxylic acids is 1. The molecule has 5 nitrogen and oxygen atoms in total. The van der Waals surface area contributed by atoms with Crippen LogP contribution in [0.4, 0.5) is 0 Å². The Kier molecular flexibility index (Phi) is 4.56. The van der Waals surface area contributed by atoms with Crippen LogP contribution in [0.2, 0.25) is 0 Å². The Balaban J connectivity index is 4.95. The molecule has 0 saturated carbocycles. The highest BCUT2D eigenvalue weighted by atomic mass is 16.5. The van der Waals surface area contributed by atoms with E-state index in [0.29, 0.717) is 6.41 Å². The van der Waals surface area contributed by atoms with Gasteiger partial charge >= 0.3 is 5.97 Å². The van der Waals surface area contributed by atoms with Gasteiger partial charge in [-0.1, -0.05) is 0 Å². The molecule has 0 spiro atoms. The highest BCUT2D eigenvalue weighted by molar-refractivity contribution is 5.81. The monoisotopic (exact) mass is 203 g/mol. The van der Waals surface area contributed by atoms with Crippen molar-refractivity contribution < 1.29 is 19.4 Å². The third-order valence-corrected chi connectivity index (χ3v) is 2.13. The van der Waals surface area contributed by atoms with Crippen LogP contribution in [0.3, 0.4) is 0 Å². The minimum atomic E-state index is -1.30. The van der Waals surface area contributed by atoms with Gasteiger partial charge in [-0.2, -0.15) is 0 Å². The molecule has 0 heterocycles. The number of hydrogen-bond donors (Lipinski definition) is 1. The number of methoxy groups -OCH3 is 1. The van der Waals surface area contributed by atoms with Crippen molar-refractivity contribution in [2.75, 3.05) is 13.7 Å². The van der Waals surface area contributed by atoms with Crippen LogP contribution in [-0.2, 0) is 14.3 Å². The van der Waals surface area contributed by atoms with Crippen molar-refractivity contribution in [2.45, 2.75) is 32.4 Å². The fourth-order valence-electron chi connectivity index (χ4n) is 1.34. The van der Waals surface area contributed by atoms with Gasteiger partial charge in [-0.05, 0) is 20.8 Å². The smallest absolute Gasteiger partial charge is 0.331 e. The second-order valence-corrected chi connectivity index (χ2v) is 3.62. The maximum absolute atomic E-state index is 11.0. The van der Waals surface area contributed by atoms with Crippen LogP contribution in [-0.4, -0.2) is 47.7 Å². The molecule has 0 radical (unpaired) electrons. The predicted octanol–water partition coefficient (Wildman–Crippen LogP) is 0.343. The summed E-state index contributed by atoms with van der Waals surface area (Å²) in [5.41, 5.74) is -1.30. The summed E-state index contributed by atoms with van der Waals surface area (Å²) in [5, 5.41) is 9.03. The Bertz CT molecular complexity index is 217. The van der Waals surface area contributed by atoms with Gasteiger partial charge in [0.15, 0.2) is 5.54 Å². The minimum absolute atomic E-state index is 0.0285. The van der Waals surface area contributed by atoms with Crippen molar-refractivity contribution >= 4 is 12.4 Å². The molecule has 5 heteroatoms. The van der Waals surface area contributed by atoms with Crippen LogP contribution in [0.1, 0.15) is 20.8 Å². The molecule has 14 heavy (non-hydrogen) atoms. The SMILES string of the molecule is COCC(C)(C(=O)O)N(C=O)C(C)C. The second kappa shape index (κ2) is 4.95. The molecule has 0 aromatic heterocycles. The number of carboxylic acids is 1. The van der Waals surface area contributed by atoms with E-state index in [4.69, 9.17) is 9.84 Å². The normalized spacial score (nSPS) is 14.9. The van der Waals surface area contributed by atoms with Gasteiger partial charge in [-0.15, -0.1) is 0 Å². The molecule has 0 fully saturated rings. The number of hydrogen-bond acceptors (Lipinski definition) is 3. The van der Waals surface area contributed by atoms with Crippen molar-refractivity contribution in [1.29, 1.82) is 0 Å². The first-order chi connectivity index (χ1) is 6.40. The lowest BCUT2D eigenvalue weighted by Crippen LogP contribution is -2.57. The molecule has 0 saturated heterocycles. The van der Waals surface area contributed by atoms with Crippen LogP contribution in [0.25, 0.3) is 0 Å². The van der Waals surface area contributed by atoms with E-state index in [2.05, 4.69) is 0 Å². The van der Waals surface area contributed by atoms with Crippen molar-refractivity contribution in [3.8, 4) is 0 Å². The fraction of sp³-hybridized carbons (Fsp3) is 0.778. The van der Waals surface area contributed by atoms with Crippen molar-refractivity contribution in [3.63, 3.8) is 0 Å². The minimum Gasteiger partial charge on any atom is -0.479 e. The van der Waals surface area contributed by atoms with Crippen molar-refractivity contribution in [1.82, 2.24) is 4.90 Å². The van der Waals surface area contributed by atoms with E-state index in [1.807, 2.05) is 0 Å². The summed E-state index contributed by atoms with van der Waals surface area (Å²) in [7, 11) is 1.41. The Labute approximate surface area is 83.6 Å². The average molecular weight is 203 g/mol. The van der Waals surface area contributed by atoms with Gasteiger partial charge in [0.2, 0.25) is 6.41 Å². The van der Waals surface area contributed by atoms with E-state index >= 15 is 0 Å². The molecule has 0 rings (SSSR count). The summed E-state index contributed by atoms with van der Waals surface area (Å²) in [6.07, 6.45) is 0.539. The number of carbonyl (C=O) groups excluding carboxylic acids is 1. The molecule has 82 valence electrons. The summed E-state index contributed by atoms with van der Waals surface area (Å²) < 4.78 is 4.82. The molecule has 0 aliphatic heterocycles. The van der Waals surface area contributed by atoms with E-state index in [9.17, 15) is 9.59 Å². The van der Waals surface area contributed by atoms with Crippen molar-refractivity contribution in [3.05, 3.63) is 0 Å². The van der Waals surface area contributed by atoms with Crippen LogP contribution in [0.15, 0.2) is 0 Å². The second-order valence-electron chi connectivity index (χ2n) is 3.62. The molecule has 0 aliphatic rings. The lowest BCUT2D eigenvalue weighted by Gasteiger charge is -2.37. The van der Waals surface area contributed by atoms with Gasteiger partial charge in [-0.3, -0.25) is 4.79 Å². The van der Waals surface area contributed by atoms with Crippen LogP contribution >= 0.6 is 0 Å². The van der Waals surface area contributed by atoms with Crippen LogP contribution < -0.4 is 0 Å². The molecule has 0 aliphatic carbocycles. The van der Waals surface area contributed by atoms with E-state index < -0.39 is 11.5 Å². The van der Waals surface area contributed by atoms with Gasteiger partial charge in [0, 0.05) is 13.2 Å². The Morgan fingerprint density at radius 3 is 2.36 bits per heavy atom. The number of amides is 1. The summed E-state index contributed by atoms with van der Waals surface area (Å²) in [5.74, 6) is -1.07. The zero-order valence-corrected chi connectivity index (χ0v) is 8.98. The fourth-order valence-corrected chi connectivity index (χ4v) is 1.34. The van der Waals surface area contributed by atoms with E-state index in [1.54, 1.807) is 13.8 Å². The number of carbonyl (C=O) groups is 2. The number of rotatable bonds is 6. The maximum Gasteiger partial charge on any atom is 0.331 e. The summed E-state index contributed by atoms with van der Waals surface area (Å²) in [6, 6.07) is -0.177. The molecule has 1 amide bonds. The first kappa shape index (κ1) is 12.9. The van der Waals surface area contributed by atoms with E-state index in [-0.39, 0.29) is 12.6 Å². The quantitative estimate of drug-likeness (QED) is 0.632. The first-order valence-corrected chi connectivity index (χ1v) is 4.36. The topological polar surface area (TPSA) is 66.8 Å². The highest BCUT2D eigenvalue weighted by Crippen LogP contribution is 2.17. The van der Waals surface area contributed by atoms with E-state index in [1.165, 1.54) is 18.9 Å². The Morgan fingerprint density at radius 2 is 2.14 bits per heavy atom. The zero-order chi connectivity index (χ0) is 11.4. The molecular formula is C9H17NO4. The van der Waals surface area contributed by atoms with Crippen LogP contribution in [0.5, 0.6) is 0 Å². The van der Waals surface area contributed by atoms with Gasteiger partial charge in [-0.25, -0.2) is 4.79 Å². The molecule has 1 N–H and O–H groups in total. The lowest BCUT2D eigenvalue weighted by molar-refractivity contribution is -0.159. The molecule has 0 aromatic rings. The Hall–Kier alpha value is -1.10. The van der Waals surface area contributed by atoms with Gasteiger partial charge in [0.1, 0.15) is 0 Å². The first-order valence-electron chi connectivity index (χ1n) is 4.36. The van der Waals surface area contributed by atoms with E-state index in [0.717, 1.165) is 0 Å². The molecule has 0 bridgehead atoms. The summed E-state index contributed by atoms with van der Waals surface area (Å²) in [4.78, 5) is 23.0. The number of nitrogens with zero attached hydrogens (tertiary/aromatic N) is 1. The average Bonchev–Trinajstić information content (AvgIpc) is 2.04. The molecule has 1 atom stereocenters. The number of carboxylic acid groups (broad SMARTS) is 1. The Morgan fingerprint density at radius 1 is 1.64 bits per heavy atom. The summed E-state index contributed by atoms with van der Waals surface area (Å²) >= 11 is 0. The standard InChI is InChI=1S/C9H17NO4/c1-7(2)10(6-11)9(3,5-14-4)8(12)13/h6-7H,5H2,1-4H3,(H,12,13). The largest absolute Gasteiger partial charge is 0.479 e. The van der Waals surface area contributed by atoms with Crippen molar-refractivity contribution in [2.24, 2.45) is 0 Å². The van der Waals surface area contributed by atoms with Crippen LogP contribution in [0, 0.1) is 0 Å². The number of ether oxygens (including phenoxy) is 1. The molecular weight excluding hydrogens is 186 g/mol. The van der Waals surface area contributed by atoms with Gasteiger partial charge in [0.05, 0.1) is 6.61 Å². The predicted molar refractivity (Wildman–Crippen MR) is 51.0 cm³/mol. The lowest BCUT2D eigenvalue weighted by atomic mass is 10.0. The van der Waals surface area contributed by atoms with Gasteiger partial charge < -0.3 is 14.7 Å².